The summed E-state index contributed by atoms with van der Waals surface area (Å²) < 4.78 is 0. The van der Waals surface area contributed by atoms with E-state index in [1.807, 2.05) is 0 Å². The molecule has 1 unspecified atom stereocenters. The van der Waals surface area contributed by atoms with Crippen LogP contribution in [0.25, 0.3) is 0 Å². The number of likely N-dealkylation sites (tertiary alicyclic amines) is 1. The van der Waals surface area contributed by atoms with E-state index in [1.165, 1.54) is 37.9 Å². The van der Waals surface area contributed by atoms with Gasteiger partial charge >= 0.3 is 0 Å². The Kier molecular flexibility index (Phi) is 6.06. The number of nitrogens with zero attached hydrogens (tertiary/aromatic N) is 1. The highest BCUT2D eigenvalue weighted by molar-refractivity contribution is 5.14. The van der Waals surface area contributed by atoms with E-state index in [9.17, 15) is 0 Å². The average Bonchev–Trinajstić information content (AvgIpc) is 2.49. The molecule has 1 fully saturated rings. The lowest BCUT2D eigenvalue weighted by Crippen LogP contribution is -2.46. The number of rotatable bonds is 6. The van der Waals surface area contributed by atoms with Crippen LogP contribution in [-0.2, 0) is 6.42 Å². The van der Waals surface area contributed by atoms with E-state index in [-0.39, 0.29) is 0 Å². The summed E-state index contributed by atoms with van der Waals surface area (Å²) in [5.74, 6) is 1.75. The number of aryl methyl sites for hydroxylation is 1. The second-order valence-corrected chi connectivity index (χ2v) is 6.53. The van der Waals surface area contributed by atoms with Crippen molar-refractivity contribution in [2.24, 2.45) is 17.6 Å². The monoisotopic (exact) mass is 274 g/mol. The zero-order chi connectivity index (χ0) is 14.4. The summed E-state index contributed by atoms with van der Waals surface area (Å²) in [6, 6.07) is 11.3. The van der Waals surface area contributed by atoms with Gasteiger partial charge in [-0.3, -0.25) is 4.90 Å². The highest BCUT2D eigenvalue weighted by atomic mass is 15.2. The molecule has 0 spiro atoms. The molecule has 2 nitrogen and oxygen atoms in total. The summed E-state index contributed by atoms with van der Waals surface area (Å²) in [4.78, 5) is 2.63. The van der Waals surface area contributed by atoms with Crippen molar-refractivity contribution in [2.75, 3.05) is 19.6 Å². The van der Waals surface area contributed by atoms with Crippen molar-refractivity contribution in [1.29, 1.82) is 0 Å². The Hall–Kier alpha value is -0.860. The van der Waals surface area contributed by atoms with Crippen LogP contribution in [0.2, 0.25) is 0 Å². The van der Waals surface area contributed by atoms with Crippen LogP contribution in [0.4, 0.5) is 0 Å². The van der Waals surface area contributed by atoms with Crippen LogP contribution in [0, 0.1) is 11.8 Å². The SMILES string of the molecule is CC(C)C1CCN(C(CN)CCc2ccccc2)CC1. The van der Waals surface area contributed by atoms with Gasteiger partial charge in [-0.25, -0.2) is 0 Å². The topological polar surface area (TPSA) is 29.3 Å². The maximum Gasteiger partial charge on any atom is 0.0221 e. The summed E-state index contributed by atoms with van der Waals surface area (Å²) in [5, 5.41) is 0. The number of hydrogen-bond donors (Lipinski definition) is 1. The van der Waals surface area contributed by atoms with Gasteiger partial charge < -0.3 is 5.73 Å². The molecule has 20 heavy (non-hydrogen) atoms. The van der Waals surface area contributed by atoms with Gasteiger partial charge in [0.1, 0.15) is 0 Å². The molecular formula is C18H30N2. The predicted octanol–water partition coefficient (Wildman–Crippen LogP) is 3.31. The first kappa shape index (κ1) is 15.5. The fourth-order valence-corrected chi connectivity index (χ4v) is 3.38. The number of hydrogen-bond acceptors (Lipinski definition) is 2. The van der Waals surface area contributed by atoms with Gasteiger partial charge in [0, 0.05) is 12.6 Å². The Bertz CT molecular complexity index is 366. The lowest BCUT2D eigenvalue weighted by atomic mass is 9.86. The molecule has 0 aliphatic carbocycles. The van der Waals surface area contributed by atoms with Crippen molar-refractivity contribution in [1.82, 2.24) is 4.90 Å². The van der Waals surface area contributed by atoms with Crippen molar-refractivity contribution < 1.29 is 0 Å². The molecule has 2 N–H and O–H groups in total. The van der Waals surface area contributed by atoms with E-state index in [4.69, 9.17) is 5.73 Å². The molecule has 1 atom stereocenters. The fourth-order valence-electron chi connectivity index (χ4n) is 3.38. The molecule has 2 rings (SSSR count). The van der Waals surface area contributed by atoms with Gasteiger partial charge in [-0.05, 0) is 56.2 Å². The summed E-state index contributed by atoms with van der Waals surface area (Å²) in [6.07, 6.45) is 5.03. The van der Waals surface area contributed by atoms with E-state index in [0.717, 1.165) is 24.8 Å². The Morgan fingerprint density at radius 2 is 1.80 bits per heavy atom. The molecule has 112 valence electrons. The summed E-state index contributed by atoms with van der Waals surface area (Å²) >= 11 is 0. The summed E-state index contributed by atoms with van der Waals surface area (Å²) in [5.41, 5.74) is 7.45. The molecule has 1 heterocycles. The van der Waals surface area contributed by atoms with Gasteiger partial charge in [0.15, 0.2) is 0 Å². The van der Waals surface area contributed by atoms with Gasteiger partial charge in [-0.15, -0.1) is 0 Å². The summed E-state index contributed by atoms with van der Waals surface area (Å²) in [6.45, 7) is 7.98. The lowest BCUT2D eigenvalue weighted by Gasteiger charge is -2.38. The molecule has 0 aromatic heterocycles. The minimum atomic E-state index is 0.559. The quantitative estimate of drug-likeness (QED) is 0.862. The van der Waals surface area contributed by atoms with Gasteiger partial charge in [-0.1, -0.05) is 44.2 Å². The highest BCUT2D eigenvalue weighted by Gasteiger charge is 2.25. The van der Waals surface area contributed by atoms with Crippen LogP contribution < -0.4 is 5.73 Å². The molecule has 0 bridgehead atoms. The first-order valence-electron chi connectivity index (χ1n) is 8.18. The largest absolute Gasteiger partial charge is 0.329 e. The highest BCUT2D eigenvalue weighted by Crippen LogP contribution is 2.26. The van der Waals surface area contributed by atoms with Crippen LogP contribution in [0.5, 0.6) is 0 Å². The van der Waals surface area contributed by atoms with E-state index in [2.05, 4.69) is 49.1 Å². The van der Waals surface area contributed by atoms with Crippen molar-refractivity contribution in [3.8, 4) is 0 Å². The van der Waals surface area contributed by atoms with Crippen LogP contribution >= 0.6 is 0 Å². The maximum atomic E-state index is 6.02. The average molecular weight is 274 g/mol. The van der Waals surface area contributed by atoms with Gasteiger partial charge in [-0.2, -0.15) is 0 Å². The number of nitrogens with two attached hydrogens (primary N) is 1. The predicted molar refractivity (Wildman–Crippen MR) is 86.7 cm³/mol. The van der Waals surface area contributed by atoms with Crippen molar-refractivity contribution in [3.63, 3.8) is 0 Å². The lowest BCUT2D eigenvalue weighted by molar-refractivity contribution is 0.113. The minimum Gasteiger partial charge on any atom is -0.329 e. The summed E-state index contributed by atoms with van der Waals surface area (Å²) in [7, 11) is 0. The Labute approximate surface area is 124 Å². The molecule has 1 aliphatic heterocycles. The normalized spacial score (nSPS) is 19.4. The molecule has 1 aromatic rings. The smallest absolute Gasteiger partial charge is 0.0221 e. The Morgan fingerprint density at radius 1 is 1.15 bits per heavy atom. The molecule has 1 aromatic carbocycles. The molecule has 1 aliphatic rings. The van der Waals surface area contributed by atoms with Gasteiger partial charge in [0.2, 0.25) is 0 Å². The fraction of sp³-hybridized carbons (Fsp3) is 0.667. The third-order valence-electron chi connectivity index (χ3n) is 4.91. The molecule has 0 saturated carbocycles. The first-order chi connectivity index (χ1) is 9.70. The zero-order valence-electron chi connectivity index (χ0n) is 13.1. The second kappa shape index (κ2) is 7.80. The van der Waals surface area contributed by atoms with E-state index in [0.29, 0.717) is 6.04 Å². The second-order valence-electron chi connectivity index (χ2n) is 6.53. The third-order valence-corrected chi connectivity index (χ3v) is 4.91. The number of benzene rings is 1. The Morgan fingerprint density at radius 3 is 2.35 bits per heavy atom. The van der Waals surface area contributed by atoms with E-state index < -0.39 is 0 Å². The number of piperidine rings is 1. The molecule has 0 radical (unpaired) electrons. The van der Waals surface area contributed by atoms with Gasteiger partial charge in [0.25, 0.3) is 0 Å². The van der Waals surface area contributed by atoms with Crippen molar-refractivity contribution in [3.05, 3.63) is 35.9 Å². The van der Waals surface area contributed by atoms with Crippen LogP contribution in [0.1, 0.15) is 38.7 Å². The molecular weight excluding hydrogens is 244 g/mol. The zero-order valence-corrected chi connectivity index (χ0v) is 13.1. The molecule has 0 amide bonds. The standard InChI is InChI=1S/C18H30N2/c1-15(2)17-10-12-20(13-11-17)18(14-19)9-8-16-6-4-3-5-7-16/h3-7,15,17-18H,8-14,19H2,1-2H3. The van der Waals surface area contributed by atoms with Crippen molar-refractivity contribution >= 4 is 0 Å². The van der Waals surface area contributed by atoms with E-state index >= 15 is 0 Å². The molecule has 2 heteroatoms. The molecule has 1 saturated heterocycles. The van der Waals surface area contributed by atoms with Crippen LogP contribution in [0.3, 0.4) is 0 Å². The minimum absolute atomic E-state index is 0.559. The first-order valence-corrected chi connectivity index (χ1v) is 8.18. The van der Waals surface area contributed by atoms with Crippen LogP contribution in [-0.4, -0.2) is 30.6 Å². The van der Waals surface area contributed by atoms with E-state index in [1.54, 1.807) is 0 Å². The maximum absolute atomic E-state index is 6.02. The third kappa shape index (κ3) is 4.32. The van der Waals surface area contributed by atoms with Crippen molar-refractivity contribution in [2.45, 2.75) is 45.6 Å². The van der Waals surface area contributed by atoms with Gasteiger partial charge in [0.05, 0.1) is 0 Å². The Balaban J connectivity index is 1.80. The van der Waals surface area contributed by atoms with Crippen LogP contribution in [0.15, 0.2) is 30.3 Å².